The van der Waals surface area contributed by atoms with E-state index in [9.17, 15) is 14.4 Å². The minimum atomic E-state index is -0.686. The molecule has 6 nitrogen and oxygen atoms in total. The van der Waals surface area contributed by atoms with Crippen molar-refractivity contribution < 1.29 is 14.4 Å². The highest BCUT2D eigenvalue weighted by Crippen LogP contribution is 2.38. The Kier molecular flexibility index (Phi) is 4.18. The lowest BCUT2D eigenvalue weighted by molar-refractivity contribution is -0.130. The van der Waals surface area contributed by atoms with Crippen molar-refractivity contribution in [2.75, 3.05) is 0 Å². The molecule has 1 aliphatic heterocycles. The topological polar surface area (TPSA) is 71.4 Å². The molecule has 2 aliphatic rings. The van der Waals surface area contributed by atoms with Crippen LogP contribution in [0.25, 0.3) is 6.08 Å². The average Bonchev–Trinajstić information content (AvgIpc) is 3.42. The van der Waals surface area contributed by atoms with Crippen molar-refractivity contribution in [3.63, 3.8) is 0 Å². The number of aromatic nitrogens is 1. The van der Waals surface area contributed by atoms with E-state index in [2.05, 4.69) is 9.88 Å². The van der Waals surface area contributed by atoms with Crippen LogP contribution >= 0.6 is 0 Å². The van der Waals surface area contributed by atoms with Gasteiger partial charge in [-0.05, 0) is 50.0 Å². The minimum absolute atomic E-state index is 0.0124. The molecule has 1 saturated carbocycles. The van der Waals surface area contributed by atoms with Crippen LogP contribution in [-0.2, 0) is 16.1 Å². The molecule has 2 aromatic rings. The number of hydrogen-bond acceptors (Lipinski definition) is 3. The van der Waals surface area contributed by atoms with E-state index in [1.54, 1.807) is 6.08 Å². The van der Waals surface area contributed by atoms with E-state index in [0.717, 1.165) is 40.3 Å². The standard InChI is InChI=1S/C21H21N3O3/c1-13-10-16(14(2)24(13)17-8-9-17)11-18-19(25)22-21(27)23(20(18)26)12-15-6-4-3-5-7-15/h3-7,10-11,17H,8-9,12H2,1-2H3,(H,22,25,27)/b18-11-. The van der Waals surface area contributed by atoms with Gasteiger partial charge in [0, 0.05) is 17.4 Å². The van der Waals surface area contributed by atoms with Gasteiger partial charge in [0.15, 0.2) is 0 Å². The summed E-state index contributed by atoms with van der Waals surface area (Å²) in [6.45, 7) is 4.15. The fourth-order valence-corrected chi connectivity index (χ4v) is 3.60. The monoisotopic (exact) mass is 363 g/mol. The predicted octanol–water partition coefficient (Wildman–Crippen LogP) is 3.10. The smallest absolute Gasteiger partial charge is 0.331 e. The Hall–Kier alpha value is -3.15. The van der Waals surface area contributed by atoms with Gasteiger partial charge in [0.2, 0.25) is 0 Å². The summed E-state index contributed by atoms with van der Waals surface area (Å²) in [6, 6.07) is 11.0. The number of rotatable bonds is 4. The van der Waals surface area contributed by atoms with Crippen LogP contribution in [0.3, 0.4) is 0 Å². The van der Waals surface area contributed by atoms with Crippen LogP contribution in [0.5, 0.6) is 0 Å². The first kappa shape index (κ1) is 17.3. The van der Waals surface area contributed by atoms with Crippen molar-refractivity contribution in [1.82, 2.24) is 14.8 Å². The van der Waals surface area contributed by atoms with Crippen LogP contribution in [-0.4, -0.2) is 27.3 Å². The third-order valence-electron chi connectivity index (χ3n) is 5.10. The highest BCUT2D eigenvalue weighted by Gasteiger charge is 2.36. The van der Waals surface area contributed by atoms with E-state index in [-0.39, 0.29) is 12.1 Å². The average molecular weight is 363 g/mol. The van der Waals surface area contributed by atoms with Crippen molar-refractivity contribution in [2.24, 2.45) is 0 Å². The van der Waals surface area contributed by atoms with Gasteiger partial charge in [0.25, 0.3) is 11.8 Å². The Bertz CT molecular complexity index is 968. The Balaban J connectivity index is 1.66. The predicted molar refractivity (Wildman–Crippen MR) is 101 cm³/mol. The first-order chi connectivity index (χ1) is 13.0. The number of urea groups is 1. The maximum absolute atomic E-state index is 12.9. The van der Waals surface area contributed by atoms with E-state index in [1.807, 2.05) is 50.2 Å². The zero-order valence-corrected chi connectivity index (χ0v) is 15.4. The van der Waals surface area contributed by atoms with Crippen molar-refractivity contribution in [2.45, 2.75) is 39.3 Å². The van der Waals surface area contributed by atoms with Gasteiger partial charge >= 0.3 is 6.03 Å². The summed E-state index contributed by atoms with van der Waals surface area (Å²) in [5, 5.41) is 2.28. The molecule has 2 heterocycles. The van der Waals surface area contributed by atoms with E-state index in [4.69, 9.17) is 0 Å². The van der Waals surface area contributed by atoms with Gasteiger partial charge in [-0.15, -0.1) is 0 Å². The van der Waals surface area contributed by atoms with Gasteiger partial charge in [-0.2, -0.15) is 0 Å². The van der Waals surface area contributed by atoms with Gasteiger partial charge in [0.05, 0.1) is 6.54 Å². The van der Waals surface area contributed by atoms with Gasteiger partial charge in [-0.1, -0.05) is 30.3 Å². The fourth-order valence-electron chi connectivity index (χ4n) is 3.60. The van der Waals surface area contributed by atoms with Crippen molar-refractivity contribution >= 4 is 23.9 Å². The second-order valence-corrected chi connectivity index (χ2v) is 7.12. The van der Waals surface area contributed by atoms with E-state index < -0.39 is 17.8 Å². The minimum Gasteiger partial charge on any atom is -0.346 e. The molecule has 0 unspecified atom stereocenters. The molecule has 27 heavy (non-hydrogen) atoms. The Morgan fingerprint density at radius 2 is 1.81 bits per heavy atom. The van der Waals surface area contributed by atoms with E-state index >= 15 is 0 Å². The summed E-state index contributed by atoms with van der Waals surface area (Å²) in [5.41, 5.74) is 3.80. The number of carbonyl (C=O) groups excluding carboxylic acids is 3. The number of imide groups is 2. The summed E-state index contributed by atoms with van der Waals surface area (Å²) < 4.78 is 2.25. The SMILES string of the molecule is Cc1cc(/C=C2/C(=O)NC(=O)N(Cc3ccccc3)C2=O)c(C)n1C1CC1. The van der Waals surface area contributed by atoms with Crippen LogP contribution < -0.4 is 5.32 Å². The number of nitrogens with zero attached hydrogens (tertiary/aromatic N) is 2. The number of carbonyl (C=O) groups is 3. The van der Waals surface area contributed by atoms with Crippen molar-refractivity contribution in [1.29, 1.82) is 0 Å². The third kappa shape index (κ3) is 3.18. The molecule has 1 aliphatic carbocycles. The second-order valence-electron chi connectivity index (χ2n) is 7.12. The number of hydrogen-bond donors (Lipinski definition) is 1. The lowest BCUT2D eigenvalue weighted by Gasteiger charge is -2.26. The third-order valence-corrected chi connectivity index (χ3v) is 5.10. The zero-order chi connectivity index (χ0) is 19.1. The number of barbiturate groups is 1. The van der Waals surface area contributed by atoms with Crippen LogP contribution in [0, 0.1) is 13.8 Å². The van der Waals surface area contributed by atoms with Gasteiger partial charge in [-0.25, -0.2) is 4.79 Å². The van der Waals surface area contributed by atoms with Crippen LogP contribution in [0.2, 0.25) is 0 Å². The molecule has 1 saturated heterocycles. The number of nitrogens with one attached hydrogen (secondary N) is 1. The largest absolute Gasteiger partial charge is 0.346 e. The van der Waals surface area contributed by atoms with E-state index in [1.165, 1.54) is 0 Å². The normalized spacial score (nSPS) is 19.0. The van der Waals surface area contributed by atoms with Crippen molar-refractivity contribution in [3.8, 4) is 0 Å². The maximum Gasteiger partial charge on any atom is 0.331 e. The summed E-state index contributed by atoms with van der Waals surface area (Å²) >= 11 is 0. The van der Waals surface area contributed by atoms with Crippen molar-refractivity contribution in [3.05, 3.63) is 64.5 Å². The summed E-state index contributed by atoms with van der Waals surface area (Å²) in [5.74, 6) is -1.21. The molecular formula is C21H21N3O3. The number of aryl methyl sites for hydroxylation is 1. The quantitative estimate of drug-likeness (QED) is 0.670. The lowest BCUT2D eigenvalue weighted by atomic mass is 10.1. The Labute approximate surface area is 157 Å². The first-order valence-electron chi connectivity index (χ1n) is 9.07. The van der Waals surface area contributed by atoms with Crippen LogP contribution in [0.15, 0.2) is 42.0 Å². The highest BCUT2D eigenvalue weighted by atomic mass is 16.2. The number of amides is 4. The molecule has 4 amide bonds. The molecule has 0 atom stereocenters. The Morgan fingerprint density at radius 1 is 1.11 bits per heavy atom. The summed E-state index contributed by atoms with van der Waals surface area (Å²) in [4.78, 5) is 38.4. The van der Waals surface area contributed by atoms with Crippen LogP contribution in [0.1, 0.15) is 41.4 Å². The molecule has 0 spiro atoms. The fraction of sp³-hybridized carbons (Fsp3) is 0.286. The zero-order valence-electron chi connectivity index (χ0n) is 15.4. The molecule has 138 valence electrons. The number of benzene rings is 1. The van der Waals surface area contributed by atoms with Gasteiger partial charge < -0.3 is 4.57 Å². The van der Waals surface area contributed by atoms with Gasteiger partial charge in [0.1, 0.15) is 5.57 Å². The molecule has 1 aromatic heterocycles. The molecule has 4 rings (SSSR count). The molecule has 6 heteroatoms. The molecule has 0 bridgehead atoms. The summed E-state index contributed by atoms with van der Waals surface area (Å²) in [6.07, 6.45) is 3.92. The molecule has 0 radical (unpaired) electrons. The summed E-state index contributed by atoms with van der Waals surface area (Å²) in [7, 11) is 0. The molecule has 1 N–H and O–H groups in total. The lowest BCUT2D eigenvalue weighted by Crippen LogP contribution is -2.53. The van der Waals surface area contributed by atoms with Gasteiger partial charge in [-0.3, -0.25) is 19.8 Å². The molecule has 1 aromatic carbocycles. The van der Waals surface area contributed by atoms with E-state index in [0.29, 0.717) is 6.04 Å². The molecular weight excluding hydrogens is 342 g/mol. The molecule has 2 fully saturated rings. The second kappa shape index (κ2) is 6.54. The highest BCUT2D eigenvalue weighted by molar-refractivity contribution is 6.31. The first-order valence-corrected chi connectivity index (χ1v) is 9.07. The Morgan fingerprint density at radius 3 is 2.48 bits per heavy atom. The maximum atomic E-state index is 12.9. The van der Waals surface area contributed by atoms with Crippen LogP contribution in [0.4, 0.5) is 4.79 Å².